The SMILES string of the molecule is CC1(C)O[C@H]2[C@H](C[Se](=O)[C@@H]2CO[Si](C)(C)C(C)(C)C)O1. The summed E-state index contributed by atoms with van der Waals surface area (Å²) in [4.78, 5) is 0.0379. The molecule has 20 heavy (non-hydrogen) atoms. The van der Waals surface area contributed by atoms with Crippen molar-refractivity contribution in [2.75, 3.05) is 6.61 Å². The molecule has 0 aromatic heterocycles. The van der Waals surface area contributed by atoms with Gasteiger partial charge in [-0.15, -0.1) is 0 Å². The molecule has 2 fully saturated rings. The molecule has 4 atom stereocenters. The Morgan fingerprint density at radius 3 is 2.45 bits per heavy atom. The first-order chi connectivity index (χ1) is 8.93. The van der Waals surface area contributed by atoms with Gasteiger partial charge < -0.3 is 0 Å². The number of hydrogen-bond donors (Lipinski definition) is 0. The minimum atomic E-state index is -1.91. The summed E-state index contributed by atoms with van der Waals surface area (Å²) in [7, 11) is -1.80. The van der Waals surface area contributed by atoms with Crippen LogP contribution in [-0.2, 0) is 17.7 Å². The summed E-state index contributed by atoms with van der Waals surface area (Å²) in [5.74, 6) is -0.545. The average Bonchev–Trinajstić information content (AvgIpc) is 2.64. The summed E-state index contributed by atoms with van der Waals surface area (Å²) in [6, 6.07) is 0. The first-order valence-corrected chi connectivity index (χ1v) is 13.1. The standard InChI is InChI=1S/C14H28O4SeSi/c1-13(2,3)20(6,7)16-8-11-12-10(9-19(11)15)17-14(4,5)18-12/h10-12H,8-9H2,1-7H3/t10-,11+,12-,19?/m0/s1. The first-order valence-electron chi connectivity index (χ1n) is 7.30. The fourth-order valence-corrected chi connectivity index (χ4v) is 7.03. The number of hydrogen-bond acceptors (Lipinski definition) is 4. The van der Waals surface area contributed by atoms with Crippen molar-refractivity contribution < 1.29 is 17.7 Å². The van der Waals surface area contributed by atoms with Crippen molar-refractivity contribution in [3.05, 3.63) is 0 Å². The molecule has 2 heterocycles. The Bertz CT molecular complexity index is 402. The molecule has 1 unspecified atom stereocenters. The van der Waals surface area contributed by atoms with Crippen molar-refractivity contribution >= 4 is 22.2 Å². The van der Waals surface area contributed by atoms with Crippen LogP contribution in [0.3, 0.4) is 0 Å². The topological polar surface area (TPSA) is 44.8 Å². The molecule has 4 nitrogen and oxygen atoms in total. The maximum absolute atomic E-state index is 12.3. The molecule has 2 rings (SSSR count). The molecule has 0 aromatic carbocycles. The molecule has 0 N–H and O–H groups in total. The Labute approximate surface area is 127 Å². The van der Waals surface area contributed by atoms with Crippen LogP contribution >= 0.6 is 0 Å². The van der Waals surface area contributed by atoms with Gasteiger partial charge in [0, 0.05) is 0 Å². The molecule has 0 bridgehead atoms. The summed E-state index contributed by atoms with van der Waals surface area (Å²) in [5, 5.41) is 0.843. The fourth-order valence-electron chi connectivity index (χ4n) is 2.42. The Morgan fingerprint density at radius 2 is 1.90 bits per heavy atom. The predicted molar refractivity (Wildman–Crippen MR) is 82.0 cm³/mol. The monoisotopic (exact) mass is 368 g/mol. The Morgan fingerprint density at radius 1 is 1.30 bits per heavy atom. The van der Waals surface area contributed by atoms with Gasteiger partial charge in [0.2, 0.25) is 0 Å². The van der Waals surface area contributed by atoms with Gasteiger partial charge in [-0.3, -0.25) is 0 Å². The number of fused-ring (bicyclic) bond motifs is 1. The van der Waals surface area contributed by atoms with Crippen molar-refractivity contribution in [1.82, 2.24) is 0 Å². The van der Waals surface area contributed by atoms with Crippen LogP contribution in [0.2, 0.25) is 28.3 Å². The second-order valence-corrected chi connectivity index (χ2v) is 16.2. The zero-order valence-corrected chi connectivity index (χ0v) is 16.4. The van der Waals surface area contributed by atoms with Gasteiger partial charge in [-0.1, -0.05) is 0 Å². The van der Waals surface area contributed by atoms with E-state index in [1.54, 1.807) is 0 Å². The van der Waals surface area contributed by atoms with Crippen LogP contribution in [0.15, 0.2) is 0 Å². The van der Waals surface area contributed by atoms with Gasteiger partial charge in [0.25, 0.3) is 0 Å². The van der Waals surface area contributed by atoms with Gasteiger partial charge in [-0.25, -0.2) is 0 Å². The summed E-state index contributed by atoms with van der Waals surface area (Å²) in [6.45, 7) is 15.5. The molecule has 6 heteroatoms. The number of rotatable bonds is 3. The molecule has 2 saturated heterocycles. The van der Waals surface area contributed by atoms with Crippen LogP contribution < -0.4 is 0 Å². The van der Waals surface area contributed by atoms with E-state index in [0.717, 1.165) is 0 Å². The third-order valence-electron chi connectivity index (χ3n) is 4.67. The molecule has 2 aliphatic heterocycles. The average molecular weight is 367 g/mol. The molecule has 2 aliphatic rings. The summed E-state index contributed by atoms with van der Waals surface area (Å²) in [5.41, 5.74) is 0. The summed E-state index contributed by atoms with van der Waals surface area (Å²) < 4.78 is 30.4. The van der Waals surface area contributed by atoms with E-state index in [0.29, 0.717) is 11.9 Å². The second-order valence-electron chi connectivity index (χ2n) is 7.80. The Balaban J connectivity index is 2.01. The van der Waals surface area contributed by atoms with Gasteiger partial charge in [0.15, 0.2) is 0 Å². The van der Waals surface area contributed by atoms with Crippen molar-refractivity contribution in [3.63, 3.8) is 0 Å². The van der Waals surface area contributed by atoms with Crippen molar-refractivity contribution in [2.24, 2.45) is 0 Å². The van der Waals surface area contributed by atoms with Crippen molar-refractivity contribution in [3.8, 4) is 0 Å². The third kappa shape index (κ3) is 3.26. The van der Waals surface area contributed by atoms with Gasteiger partial charge in [0.1, 0.15) is 0 Å². The minimum absolute atomic E-state index is 0.000477. The number of ether oxygens (including phenoxy) is 2. The van der Waals surface area contributed by atoms with Crippen molar-refractivity contribution in [2.45, 2.75) is 80.9 Å². The van der Waals surface area contributed by atoms with Gasteiger partial charge in [-0.2, -0.15) is 0 Å². The molecule has 0 saturated carbocycles. The van der Waals surface area contributed by atoms with Gasteiger partial charge >= 0.3 is 127 Å². The Hall–Kier alpha value is 0.416. The van der Waals surface area contributed by atoms with Gasteiger partial charge in [-0.05, 0) is 0 Å². The van der Waals surface area contributed by atoms with E-state index in [2.05, 4.69) is 33.9 Å². The van der Waals surface area contributed by atoms with Crippen LogP contribution in [0, 0.1) is 0 Å². The molecule has 0 amide bonds. The van der Waals surface area contributed by atoms with E-state index in [1.807, 2.05) is 13.8 Å². The first kappa shape index (κ1) is 16.8. The molecule has 118 valence electrons. The van der Waals surface area contributed by atoms with E-state index in [1.165, 1.54) is 0 Å². The molecule has 0 aliphatic carbocycles. The van der Waals surface area contributed by atoms with E-state index in [4.69, 9.17) is 13.9 Å². The van der Waals surface area contributed by atoms with Gasteiger partial charge in [0.05, 0.1) is 0 Å². The fraction of sp³-hybridized carbons (Fsp3) is 1.00. The molecule has 0 radical (unpaired) electrons. The molecular weight excluding hydrogens is 339 g/mol. The quantitative estimate of drug-likeness (QED) is 0.718. The van der Waals surface area contributed by atoms with E-state index in [-0.39, 0.29) is 22.1 Å². The van der Waals surface area contributed by atoms with Crippen LogP contribution in [0.1, 0.15) is 34.6 Å². The second kappa shape index (κ2) is 5.25. The molecule has 0 spiro atoms. The summed E-state index contributed by atoms with van der Waals surface area (Å²) >= 11 is -1.91. The zero-order chi connectivity index (χ0) is 15.3. The normalized spacial score (nSPS) is 37.1. The molecule has 0 aromatic rings. The predicted octanol–water partition coefficient (Wildman–Crippen LogP) is 3.33. The maximum atomic E-state index is 12.3. The van der Waals surface area contributed by atoms with E-state index >= 15 is 0 Å². The summed E-state index contributed by atoms with van der Waals surface area (Å²) in [6.07, 6.45) is -0.0437. The molecular formula is C14H28O4SeSi. The van der Waals surface area contributed by atoms with Crippen LogP contribution in [0.4, 0.5) is 0 Å². The third-order valence-corrected chi connectivity index (χ3v) is 12.8. The van der Waals surface area contributed by atoms with Crippen molar-refractivity contribution in [1.29, 1.82) is 0 Å². The zero-order valence-electron chi connectivity index (χ0n) is 13.7. The van der Waals surface area contributed by atoms with E-state index in [9.17, 15) is 3.83 Å². The Kier molecular flexibility index (Phi) is 4.41. The van der Waals surface area contributed by atoms with Crippen LogP contribution in [0.25, 0.3) is 0 Å². The van der Waals surface area contributed by atoms with E-state index < -0.39 is 27.9 Å². The van der Waals surface area contributed by atoms with Crippen LogP contribution in [0.5, 0.6) is 0 Å². The van der Waals surface area contributed by atoms with Crippen LogP contribution in [-0.4, -0.2) is 46.8 Å².